The topological polar surface area (TPSA) is 16.3 Å². The molecule has 2 aliphatic rings. The van der Waals surface area contributed by atoms with Crippen LogP contribution in [-0.2, 0) is 32.5 Å². The average molecular weight is 1410 g/mol. The maximum absolute atomic E-state index is 10.1. The summed E-state index contributed by atoms with van der Waals surface area (Å²) >= 11 is 0. The fraction of sp³-hybridized carbons (Fsp3) is 0.243. The summed E-state index contributed by atoms with van der Waals surface area (Å²) in [6.07, 6.45) is 0. The highest BCUT2D eigenvalue weighted by Crippen LogP contribution is 2.56. The van der Waals surface area contributed by atoms with E-state index in [1.807, 2.05) is 0 Å². The van der Waals surface area contributed by atoms with Gasteiger partial charge in [0, 0.05) is 82.0 Å². The van der Waals surface area contributed by atoms with E-state index in [1.165, 1.54) is 54.9 Å². The van der Waals surface area contributed by atoms with Crippen LogP contribution < -0.4 is 26.2 Å². The number of nitrogens with zero attached hydrogens (tertiary/aromatic N) is 4. The lowest BCUT2D eigenvalue weighted by Gasteiger charge is -2.46. The van der Waals surface area contributed by atoms with Crippen molar-refractivity contribution >= 4 is 101 Å². The Morgan fingerprint density at radius 2 is 0.528 bits per heavy atom. The summed E-state index contributed by atoms with van der Waals surface area (Å²) in [6.45, 7) is 38.5. The van der Waals surface area contributed by atoms with Crippen molar-refractivity contribution in [2.75, 3.05) is 9.80 Å². The van der Waals surface area contributed by atoms with Crippen molar-refractivity contribution in [3.05, 3.63) is 306 Å². The highest BCUT2D eigenvalue weighted by molar-refractivity contribution is 7.00. The Labute approximate surface area is 645 Å². The molecule has 108 heavy (non-hydrogen) atoms. The van der Waals surface area contributed by atoms with Crippen molar-refractivity contribution in [3.8, 4) is 55.9 Å². The number of rotatable bonds is 8. The third-order valence-corrected chi connectivity index (χ3v) is 23.3. The van der Waals surface area contributed by atoms with Gasteiger partial charge in [-0.1, -0.05) is 307 Å². The van der Waals surface area contributed by atoms with Gasteiger partial charge in [0.05, 0.1) is 33.4 Å². The Morgan fingerprint density at radius 3 is 0.778 bits per heavy atom. The Kier molecular flexibility index (Phi) is 15.5. The molecule has 0 spiro atoms. The molecule has 0 saturated heterocycles. The van der Waals surface area contributed by atoms with Crippen LogP contribution in [0.4, 0.5) is 34.1 Å². The van der Waals surface area contributed by atoms with Gasteiger partial charge in [-0.25, -0.2) is 0 Å². The minimum atomic E-state index is -2.60. The number of hydrogen-bond donors (Lipinski definition) is 0. The van der Waals surface area contributed by atoms with Crippen LogP contribution in [0.5, 0.6) is 0 Å². The van der Waals surface area contributed by atoms with Gasteiger partial charge in [-0.05, 0) is 202 Å². The van der Waals surface area contributed by atoms with Gasteiger partial charge in [-0.2, -0.15) is 0 Å². The number of hydrogen-bond acceptors (Lipinski definition) is 2. The second-order valence-corrected chi connectivity index (χ2v) is 36.9. The van der Waals surface area contributed by atoms with Crippen molar-refractivity contribution in [2.45, 2.75) is 164 Å². The minimum Gasteiger partial charge on any atom is -0.310 e. The molecule has 536 valence electrons. The highest BCUT2D eigenvalue weighted by atomic mass is 15.2. The van der Waals surface area contributed by atoms with E-state index >= 15 is 0 Å². The van der Waals surface area contributed by atoms with Gasteiger partial charge in [-0.3, -0.25) is 0 Å². The van der Waals surface area contributed by atoms with Gasteiger partial charge in [0.1, 0.15) is 0 Å². The molecule has 0 saturated carbocycles. The smallest absolute Gasteiger partial charge is 0.252 e. The summed E-state index contributed by atoms with van der Waals surface area (Å²) in [6, 6.07) is 100. The van der Waals surface area contributed by atoms with Crippen LogP contribution >= 0.6 is 0 Å². The van der Waals surface area contributed by atoms with Gasteiger partial charge in [0.15, 0.2) is 0 Å². The molecule has 17 rings (SSSR count). The first kappa shape index (κ1) is 66.6. The second kappa shape index (κ2) is 25.1. The first-order chi connectivity index (χ1) is 52.5. The molecule has 0 amide bonds. The second-order valence-electron chi connectivity index (χ2n) is 36.9. The monoisotopic (exact) mass is 1410 g/mol. The van der Waals surface area contributed by atoms with Crippen molar-refractivity contribution in [1.29, 1.82) is 0 Å². The minimum absolute atomic E-state index is 0.145. The van der Waals surface area contributed by atoms with Crippen LogP contribution in [0.25, 0.3) is 99.5 Å². The SMILES string of the molecule is [2H]C([2H])([2H])c1cc2c3c(c1)N(c1c(-c4ccccc4)cc(C(C)(C)C)cc1-c1ccccc1)c1cc(-n4c5cc(C(C)(C)C)ccc5c5ccc(C(C)(C)C)cc54)ccc1B3c1ccc(-n3c4cc(C(C)(C)C)ccc4c4ccc(C(C)(C)C)cc43)cc1N2c1c(-c2ccccc2)cc(C(C)(C)C)cc1-c1ccccc1. The molecule has 4 nitrogen and oxygen atoms in total. The molecule has 4 heterocycles. The lowest BCUT2D eigenvalue weighted by molar-refractivity contribution is 0.590. The lowest BCUT2D eigenvalue weighted by Crippen LogP contribution is -2.61. The molecule has 0 N–H and O–H groups in total. The average Bonchev–Trinajstić information content (AvgIpc) is 0.966. The van der Waals surface area contributed by atoms with Crippen molar-refractivity contribution < 1.29 is 4.11 Å². The largest absolute Gasteiger partial charge is 0.310 e. The van der Waals surface area contributed by atoms with E-state index in [2.05, 4.69) is 410 Å². The van der Waals surface area contributed by atoms with Crippen molar-refractivity contribution in [1.82, 2.24) is 9.13 Å². The zero-order valence-electron chi connectivity index (χ0n) is 69.3. The first-order valence-corrected chi connectivity index (χ1v) is 38.8. The van der Waals surface area contributed by atoms with Crippen molar-refractivity contribution in [2.24, 2.45) is 0 Å². The summed E-state index contributed by atoms with van der Waals surface area (Å²) < 4.78 is 35.2. The summed E-state index contributed by atoms with van der Waals surface area (Å²) in [5.74, 6) is 0. The van der Waals surface area contributed by atoms with Crippen LogP contribution in [0, 0.1) is 6.85 Å². The van der Waals surface area contributed by atoms with E-state index in [9.17, 15) is 4.11 Å². The summed E-state index contributed by atoms with van der Waals surface area (Å²) in [5, 5.41) is 4.74. The Morgan fingerprint density at radius 1 is 0.259 bits per heavy atom. The highest BCUT2D eigenvalue weighted by Gasteiger charge is 2.46. The van der Waals surface area contributed by atoms with E-state index in [0.29, 0.717) is 0 Å². The van der Waals surface area contributed by atoms with E-state index in [-0.39, 0.29) is 38.1 Å². The zero-order valence-corrected chi connectivity index (χ0v) is 66.3. The van der Waals surface area contributed by atoms with Gasteiger partial charge in [-0.15, -0.1) is 0 Å². The predicted octanol–water partition coefficient (Wildman–Crippen LogP) is 26.7. The number of anilines is 6. The molecular formula is C103H101BN4. The normalized spacial score (nSPS) is 14.0. The lowest BCUT2D eigenvalue weighted by atomic mass is 9.33. The van der Waals surface area contributed by atoms with E-state index in [4.69, 9.17) is 0 Å². The van der Waals surface area contributed by atoms with E-state index in [0.717, 1.165) is 128 Å². The van der Waals surface area contributed by atoms with E-state index in [1.54, 1.807) is 0 Å². The van der Waals surface area contributed by atoms with Crippen LogP contribution in [0.15, 0.2) is 267 Å². The number of aryl methyl sites for hydroxylation is 1. The molecule has 0 unspecified atom stereocenters. The van der Waals surface area contributed by atoms with Gasteiger partial charge in [0.25, 0.3) is 6.71 Å². The molecule has 0 aliphatic carbocycles. The quantitative estimate of drug-likeness (QED) is 0.141. The molecule has 2 aromatic heterocycles. The maximum Gasteiger partial charge on any atom is 0.252 e. The fourth-order valence-electron chi connectivity index (χ4n) is 17.2. The number of benzene rings is 13. The molecule has 5 heteroatoms. The Bertz CT molecular complexity index is 5600. The van der Waals surface area contributed by atoms with Crippen LogP contribution in [-0.4, -0.2) is 15.8 Å². The maximum atomic E-state index is 10.1. The molecule has 2 aliphatic heterocycles. The van der Waals surface area contributed by atoms with Crippen LogP contribution in [0.1, 0.15) is 168 Å². The van der Waals surface area contributed by atoms with Crippen LogP contribution in [0.3, 0.4) is 0 Å². The van der Waals surface area contributed by atoms with Crippen molar-refractivity contribution in [3.63, 3.8) is 0 Å². The molecule has 0 fully saturated rings. The molecular weight excluding hydrogens is 1300 g/mol. The third-order valence-electron chi connectivity index (χ3n) is 23.3. The molecule has 13 aromatic carbocycles. The van der Waals surface area contributed by atoms with Gasteiger partial charge in [0.2, 0.25) is 0 Å². The predicted molar refractivity (Wildman–Crippen MR) is 468 cm³/mol. The fourth-order valence-corrected chi connectivity index (χ4v) is 17.2. The van der Waals surface area contributed by atoms with Gasteiger partial charge < -0.3 is 18.9 Å². The summed E-state index contributed by atoms with van der Waals surface area (Å²) in [5.41, 5.74) is 30.0. The van der Waals surface area contributed by atoms with Crippen LogP contribution in [0.2, 0.25) is 0 Å². The Balaban J connectivity index is 1.09. The van der Waals surface area contributed by atoms with E-state index < -0.39 is 13.6 Å². The third kappa shape index (κ3) is 11.8. The molecule has 15 aromatic rings. The molecule has 0 atom stereocenters. The number of fused-ring (bicyclic) bond motifs is 10. The zero-order chi connectivity index (χ0) is 78.1. The Hall–Kier alpha value is -10.9. The summed E-state index contributed by atoms with van der Waals surface area (Å²) in [7, 11) is 0. The van der Waals surface area contributed by atoms with Gasteiger partial charge >= 0.3 is 0 Å². The number of aromatic nitrogens is 2. The molecule has 0 radical (unpaired) electrons. The molecule has 0 bridgehead atoms. The standard InChI is InChI=1S/C103H101BN4/c1-64-52-93-95-94(53-64)108(97-83(67-36-28-22-29-37-67)56-74(103(17,18)19)57-84(97)68-38-30-23-31-39-68)92-63-76(106-89-60-71(100(8,9)10)42-48-79(89)80-49-43-72(61-90(80)106)101(11,12)13)45-51-86(92)104(95)85-50-44-75(105-87-58-69(98(2,3)4)40-46-77(87)78-47-41-70(59-88(78)105)99(5,6)7)62-91(85)107(93)96-81(65-32-24-20-25-33-65)54-73(102(14,15)16)55-82(96)66-34-26-21-27-35-66/h20-63H,1-19H3/i1D3. The first-order valence-electron chi connectivity index (χ1n) is 40.3. The summed E-state index contributed by atoms with van der Waals surface area (Å²) in [4.78, 5) is 5.04.